The van der Waals surface area contributed by atoms with Crippen molar-refractivity contribution in [2.75, 3.05) is 9.62 Å². The van der Waals surface area contributed by atoms with Crippen LogP contribution in [0.15, 0.2) is 36.4 Å². The van der Waals surface area contributed by atoms with Crippen LogP contribution in [-0.2, 0) is 10.3 Å². The van der Waals surface area contributed by atoms with E-state index in [2.05, 4.69) is 5.32 Å². The zero-order valence-electron chi connectivity index (χ0n) is 15.9. The molecule has 0 atom stereocenters. The van der Waals surface area contributed by atoms with Crippen molar-refractivity contribution >= 4 is 27.7 Å². The molecule has 0 heterocycles. The molecule has 0 spiro atoms. The number of carbonyl (C=O) groups is 1. The lowest BCUT2D eigenvalue weighted by atomic mass is 9.93. The predicted octanol–water partition coefficient (Wildman–Crippen LogP) is 5.05. The third kappa shape index (κ3) is 4.48. The Kier molecular flexibility index (Phi) is 6.41. The van der Waals surface area contributed by atoms with E-state index < -0.39 is 33.7 Å². The number of para-hydroxylation sites is 2. The SMILES string of the molecule is CC(C)c1cccc(C(C)C)c1NC(=O)N(c1c(F)cccc1F)S(=O)(=O)O. The number of nitrogens with zero attached hydrogens (tertiary/aromatic N) is 1. The predicted molar refractivity (Wildman–Crippen MR) is 104 cm³/mol. The van der Waals surface area contributed by atoms with Gasteiger partial charge in [0.1, 0.15) is 5.69 Å². The van der Waals surface area contributed by atoms with Crippen LogP contribution in [0.1, 0.15) is 50.7 Å². The Morgan fingerprint density at radius 2 is 1.39 bits per heavy atom. The van der Waals surface area contributed by atoms with Gasteiger partial charge in [0.25, 0.3) is 0 Å². The summed E-state index contributed by atoms with van der Waals surface area (Å²) >= 11 is 0. The molecule has 0 bridgehead atoms. The van der Waals surface area contributed by atoms with Gasteiger partial charge in [-0.25, -0.2) is 13.6 Å². The van der Waals surface area contributed by atoms with Crippen molar-refractivity contribution in [2.24, 2.45) is 0 Å². The number of rotatable bonds is 5. The molecule has 0 fully saturated rings. The van der Waals surface area contributed by atoms with Crippen LogP contribution < -0.4 is 9.62 Å². The largest absolute Gasteiger partial charge is 0.368 e. The van der Waals surface area contributed by atoms with Gasteiger partial charge in [0.2, 0.25) is 0 Å². The lowest BCUT2D eigenvalue weighted by molar-refractivity contribution is 0.259. The van der Waals surface area contributed by atoms with Crippen molar-refractivity contribution in [1.82, 2.24) is 0 Å². The van der Waals surface area contributed by atoms with Crippen molar-refractivity contribution in [2.45, 2.75) is 39.5 Å². The van der Waals surface area contributed by atoms with Gasteiger partial charge in [-0.15, -0.1) is 0 Å². The van der Waals surface area contributed by atoms with E-state index in [0.29, 0.717) is 16.8 Å². The molecule has 0 radical (unpaired) electrons. The summed E-state index contributed by atoms with van der Waals surface area (Å²) in [5.41, 5.74) is 0.575. The van der Waals surface area contributed by atoms with Gasteiger partial charge in [0.05, 0.1) is 0 Å². The summed E-state index contributed by atoms with van der Waals surface area (Å²) in [4.78, 5) is 12.8. The Balaban J connectivity index is 2.61. The number of carbonyl (C=O) groups excluding carboxylic acids is 1. The van der Waals surface area contributed by atoms with E-state index in [1.807, 2.05) is 27.7 Å². The maximum absolute atomic E-state index is 14.1. The first kappa shape index (κ1) is 21.8. The minimum Gasteiger partial charge on any atom is -0.306 e. The molecule has 0 saturated carbocycles. The number of anilines is 2. The van der Waals surface area contributed by atoms with Crippen molar-refractivity contribution in [3.8, 4) is 0 Å². The molecule has 2 amide bonds. The number of benzene rings is 2. The third-order valence-corrected chi connectivity index (χ3v) is 4.97. The summed E-state index contributed by atoms with van der Waals surface area (Å²) < 4.78 is 61.0. The van der Waals surface area contributed by atoms with Gasteiger partial charge < -0.3 is 5.32 Å². The molecular formula is C19H22F2N2O4S. The highest BCUT2D eigenvalue weighted by Crippen LogP contribution is 2.34. The average Bonchev–Trinajstić information content (AvgIpc) is 2.56. The van der Waals surface area contributed by atoms with E-state index in [1.165, 1.54) is 0 Å². The summed E-state index contributed by atoms with van der Waals surface area (Å²) in [6, 6.07) is 6.50. The highest BCUT2D eigenvalue weighted by atomic mass is 32.2. The van der Waals surface area contributed by atoms with Crippen LogP contribution >= 0.6 is 0 Å². The third-order valence-electron chi connectivity index (χ3n) is 4.16. The minimum atomic E-state index is -5.31. The van der Waals surface area contributed by atoms with E-state index in [0.717, 1.165) is 18.2 Å². The van der Waals surface area contributed by atoms with Gasteiger partial charge in [0.15, 0.2) is 11.6 Å². The van der Waals surface area contributed by atoms with E-state index >= 15 is 0 Å². The van der Waals surface area contributed by atoms with Crippen LogP contribution in [0.3, 0.4) is 0 Å². The first-order valence-corrected chi connectivity index (χ1v) is 10.00. The van der Waals surface area contributed by atoms with Gasteiger partial charge >= 0.3 is 16.3 Å². The molecular weight excluding hydrogens is 390 g/mol. The second-order valence-electron chi connectivity index (χ2n) is 6.86. The Labute approximate surface area is 163 Å². The molecule has 28 heavy (non-hydrogen) atoms. The number of urea groups is 1. The summed E-state index contributed by atoms with van der Waals surface area (Å²) in [5, 5.41) is 2.42. The summed E-state index contributed by atoms with van der Waals surface area (Å²) in [6.07, 6.45) is 0. The van der Waals surface area contributed by atoms with E-state index in [1.54, 1.807) is 18.2 Å². The molecule has 0 aliphatic carbocycles. The molecule has 0 aliphatic rings. The van der Waals surface area contributed by atoms with Crippen LogP contribution in [-0.4, -0.2) is 19.0 Å². The second kappa shape index (κ2) is 8.24. The Hall–Kier alpha value is -2.52. The fourth-order valence-electron chi connectivity index (χ4n) is 2.86. The van der Waals surface area contributed by atoms with E-state index in [4.69, 9.17) is 0 Å². The van der Waals surface area contributed by atoms with Gasteiger partial charge in [-0.1, -0.05) is 52.0 Å². The van der Waals surface area contributed by atoms with Gasteiger partial charge in [-0.2, -0.15) is 12.7 Å². The van der Waals surface area contributed by atoms with Crippen LogP contribution in [0.5, 0.6) is 0 Å². The molecule has 2 aromatic carbocycles. The monoisotopic (exact) mass is 412 g/mol. The highest BCUT2D eigenvalue weighted by molar-refractivity contribution is 7.88. The van der Waals surface area contributed by atoms with Crippen molar-refractivity contribution in [3.63, 3.8) is 0 Å². The topological polar surface area (TPSA) is 86.7 Å². The fraction of sp³-hybridized carbons (Fsp3) is 0.316. The maximum Gasteiger partial charge on any atom is 0.368 e. The number of amides is 2. The molecule has 2 N–H and O–H groups in total. The molecule has 152 valence electrons. The lowest BCUT2D eigenvalue weighted by Gasteiger charge is -2.24. The van der Waals surface area contributed by atoms with Gasteiger partial charge in [-0.05, 0) is 35.1 Å². The van der Waals surface area contributed by atoms with Crippen molar-refractivity contribution in [1.29, 1.82) is 0 Å². The van der Waals surface area contributed by atoms with Gasteiger partial charge in [-0.3, -0.25) is 4.55 Å². The quantitative estimate of drug-likeness (QED) is 0.673. The molecule has 0 saturated heterocycles. The van der Waals surface area contributed by atoms with Crippen molar-refractivity contribution in [3.05, 3.63) is 59.2 Å². The zero-order valence-corrected chi connectivity index (χ0v) is 16.7. The maximum atomic E-state index is 14.1. The summed E-state index contributed by atoms with van der Waals surface area (Å²) in [7, 11) is -5.31. The lowest BCUT2D eigenvalue weighted by Crippen LogP contribution is -2.41. The highest BCUT2D eigenvalue weighted by Gasteiger charge is 2.33. The molecule has 0 unspecified atom stereocenters. The van der Waals surface area contributed by atoms with Gasteiger partial charge in [0, 0.05) is 5.69 Å². The molecule has 0 aromatic heterocycles. The standard InChI is InChI=1S/C19H22F2N2O4S/c1-11(2)13-7-5-8-14(12(3)4)17(13)22-19(24)23(28(25,26)27)18-15(20)9-6-10-16(18)21/h5-12H,1-4H3,(H,22,24)(H,25,26,27). The Morgan fingerprint density at radius 3 is 1.79 bits per heavy atom. The molecule has 2 aromatic rings. The van der Waals surface area contributed by atoms with Crippen LogP contribution in [0.4, 0.5) is 25.0 Å². The number of hydrogen-bond donors (Lipinski definition) is 2. The van der Waals surface area contributed by atoms with Crippen molar-refractivity contribution < 1.29 is 26.5 Å². The van der Waals surface area contributed by atoms with E-state index in [-0.39, 0.29) is 16.1 Å². The average molecular weight is 412 g/mol. The smallest absolute Gasteiger partial charge is 0.306 e. The molecule has 0 aliphatic heterocycles. The number of halogens is 2. The molecule has 6 nitrogen and oxygen atoms in total. The van der Waals surface area contributed by atoms with Crippen LogP contribution in [0.25, 0.3) is 0 Å². The fourth-order valence-corrected chi connectivity index (χ4v) is 3.52. The molecule has 2 rings (SSSR count). The number of nitrogens with one attached hydrogen (secondary N) is 1. The zero-order chi connectivity index (χ0) is 21.2. The first-order valence-electron chi connectivity index (χ1n) is 8.60. The van der Waals surface area contributed by atoms with E-state index in [9.17, 15) is 26.5 Å². The minimum absolute atomic E-state index is 0.0293. The normalized spacial score (nSPS) is 11.8. The Morgan fingerprint density at radius 1 is 0.964 bits per heavy atom. The first-order chi connectivity index (χ1) is 12.9. The number of hydrogen-bond acceptors (Lipinski definition) is 3. The summed E-state index contributed by atoms with van der Waals surface area (Å²) in [6.45, 7) is 7.52. The van der Waals surface area contributed by atoms with Crippen LogP contribution in [0, 0.1) is 11.6 Å². The van der Waals surface area contributed by atoms with Crippen LogP contribution in [0.2, 0.25) is 0 Å². The summed E-state index contributed by atoms with van der Waals surface area (Å²) in [5.74, 6) is -2.68. The molecule has 9 heteroatoms. The second-order valence-corrected chi connectivity index (χ2v) is 8.12. The Bertz CT molecular complexity index is 945.